The maximum atomic E-state index is 11.8. The summed E-state index contributed by atoms with van der Waals surface area (Å²) in [6, 6.07) is 0. The molecule has 0 fully saturated rings. The highest BCUT2D eigenvalue weighted by Gasteiger charge is 2.30. The van der Waals surface area contributed by atoms with Crippen molar-refractivity contribution in [2.45, 2.75) is 51.9 Å². The van der Waals surface area contributed by atoms with Crippen LogP contribution in [0.5, 0.6) is 0 Å². The molecule has 94 valence electrons. The Morgan fingerprint density at radius 1 is 1.24 bits per heavy atom. The van der Waals surface area contributed by atoms with Crippen LogP contribution in [0.1, 0.15) is 60.9 Å². The highest BCUT2D eigenvalue weighted by atomic mass is 16.5. The fourth-order valence-corrected chi connectivity index (χ4v) is 2.77. The minimum Gasteiger partial charge on any atom is -0.464 e. The summed E-state index contributed by atoms with van der Waals surface area (Å²) in [7, 11) is 1.44. The Kier molecular flexibility index (Phi) is 3.02. The number of aromatic nitrogens is 1. The van der Waals surface area contributed by atoms with Crippen molar-refractivity contribution >= 4 is 5.97 Å². The molecule has 17 heavy (non-hydrogen) atoms. The van der Waals surface area contributed by atoms with E-state index in [2.05, 4.69) is 25.8 Å². The van der Waals surface area contributed by atoms with E-state index in [0.717, 1.165) is 18.4 Å². The van der Waals surface area contributed by atoms with Crippen LogP contribution in [0.3, 0.4) is 0 Å². The van der Waals surface area contributed by atoms with Gasteiger partial charge in [-0.1, -0.05) is 20.8 Å². The molecule has 0 aliphatic heterocycles. The zero-order valence-corrected chi connectivity index (χ0v) is 11.1. The number of methoxy groups -OCH3 is 1. The Morgan fingerprint density at radius 3 is 2.47 bits per heavy atom. The van der Waals surface area contributed by atoms with Crippen molar-refractivity contribution in [3.8, 4) is 0 Å². The van der Waals surface area contributed by atoms with Crippen molar-refractivity contribution in [1.82, 2.24) is 4.98 Å². The number of carbonyl (C=O) groups excluding carboxylic acids is 1. The van der Waals surface area contributed by atoms with E-state index in [1.165, 1.54) is 31.2 Å². The molecule has 0 radical (unpaired) electrons. The number of carbonyl (C=O) groups is 1. The molecule has 3 nitrogen and oxygen atoms in total. The number of hydrogen-bond donors (Lipinski definition) is 1. The molecule has 1 aromatic rings. The fourth-order valence-electron chi connectivity index (χ4n) is 2.77. The molecule has 0 amide bonds. The predicted octanol–water partition coefficient (Wildman–Crippen LogP) is 2.98. The van der Waals surface area contributed by atoms with Crippen molar-refractivity contribution in [3.05, 3.63) is 22.5 Å². The van der Waals surface area contributed by atoms with Crippen LogP contribution < -0.4 is 0 Å². The average Bonchev–Trinajstić information content (AvgIpc) is 2.66. The number of aryl methyl sites for hydroxylation is 1. The van der Waals surface area contributed by atoms with Crippen molar-refractivity contribution < 1.29 is 9.53 Å². The van der Waals surface area contributed by atoms with Crippen LogP contribution >= 0.6 is 0 Å². The van der Waals surface area contributed by atoms with E-state index in [0.29, 0.717) is 5.69 Å². The highest BCUT2D eigenvalue weighted by molar-refractivity contribution is 5.90. The van der Waals surface area contributed by atoms with Crippen molar-refractivity contribution in [1.29, 1.82) is 0 Å². The van der Waals surface area contributed by atoms with Gasteiger partial charge in [0.15, 0.2) is 0 Å². The largest absolute Gasteiger partial charge is 0.464 e. The smallest absolute Gasteiger partial charge is 0.354 e. The molecule has 0 atom stereocenters. The van der Waals surface area contributed by atoms with Crippen LogP contribution in [-0.2, 0) is 23.0 Å². The lowest BCUT2D eigenvalue weighted by molar-refractivity contribution is 0.0591. The second kappa shape index (κ2) is 4.21. The minimum absolute atomic E-state index is 0.0229. The molecule has 0 spiro atoms. The van der Waals surface area contributed by atoms with E-state index in [1.807, 2.05) is 0 Å². The first-order valence-electron chi connectivity index (χ1n) is 6.27. The Hall–Kier alpha value is -1.25. The maximum absolute atomic E-state index is 11.8. The number of hydrogen-bond acceptors (Lipinski definition) is 2. The summed E-state index contributed by atoms with van der Waals surface area (Å²) in [5.74, 6) is -0.246. The number of ether oxygens (including phenoxy) is 1. The molecule has 1 aliphatic carbocycles. The summed E-state index contributed by atoms with van der Waals surface area (Å²) in [6.07, 6.45) is 4.55. The van der Waals surface area contributed by atoms with Gasteiger partial charge < -0.3 is 9.72 Å². The van der Waals surface area contributed by atoms with Crippen molar-refractivity contribution in [2.24, 2.45) is 0 Å². The first kappa shape index (κ1) is 12.2. The third-order valence-electron chi connectivity index (χ3n) is 3.44. The van der Waals surface area contributed by atoms with E-state index >= 15 is 0 Å². The molecule has 0 saturated carbocycles. The SMILES string of the molecule is COC(=O)c1[nH]c2c(c1C(C)(C)C)CCCC2. The molecule has 1 heterocycles. The van der Waals surface area contributed by atoms with Gasteiger partial charge in [0.25, 0.3) is 0 Å². The Balaban J connectivity index is 2.59. The monoisotopic (exact) mass is 235 g/mol. The molecule has 1 aromatic heterocycles. The summed E-state index contributed by atoms with van der Waals surface area (Å²) in [6.45, 7) is 6.45. The van der Waals surface area contributed by atoms with Crippen LogP contribution in [0.4, 0.5) is 0 Å². The second-order valence-corrected chi connectivity index (χ2v) is 5.78. The van der Waals surface area contributed by atoms with E-state index < -0.39 is 0 Å². The first-order chi connectivity index (χ1) is 7.95. The minimum atomic E-state index is -0.246. The highest BCUT2D eigenvalue weighted by Crippen LogP contribution is 2.35. The normalized spacial score (nSPS) is 15.5. The number of esters is 1. The lowest BCUT2D eigenvalue weighted by Gasteiger charge is -2.23. The molecular weight excluding hydrogens is 214 g/mol. The molecule has 1 N–H and O–H groups in total. The Morgan fingerprint density at radius 2 is 1.88 bits per heavy atom. The summed E-state index contributed by atoms with van der Waals surface area (Å²) < 4.78 is 4.88. The summed E-state index contributed by atoms with van der Waals surface area (Å²) in [5.41, 5.74) is 4.38. The van der Waals surface area contributed by atoms with E-state index in [-0.39, 0.29) is 11.4 Å². The quantitative estimate of drug-likeness (QED) is 0.760. The number of nitrogens with one attached hydrogen (secondary N) is 1. The molecule has 3 heteroatoms. The number of fused-ring (bicyclic) bond motifs is 1. The third-order valence-corrected chi connectivity index (χ3v) is 3.44. The van der Waals surface area contributed by atoms with Gasteiger partial charge in [-0.25, -0.2) is 4.79 Å². The van der Waals surface area contributed by atoms with Gasteiger partial charge in [-0.15, -0.1) is 0 Å². The molecule has 0 aromatic carbocycles. The van der Waals surface area contributed by atoms with Crippen molar-refractivity contribution in [2.75, 3.05) is 7.11 Å². The van der Waals surface area contributed by atoms with Gasteiger partial charge in [-0.3, -0.25) is 0 Å². The lowest BCUT2D eigenvalue weighted by Crippen LogP contribution is -2.18. The van der Waals surface area contributed by atoms with Crippen molar-refractivity contribution in [3.63, 3.8) is 0 Å². The van der Waals surface area contributed by atoms with Gasteiger partial charge in [-0.05, 0) is 42.2 Å². The van der Waals surface area contributed by atoms with Gasteiger partial charge in [0.2, 0.25) is 0 Å². The zero-order chi connectivity index (χ0) is 12.6. The molecule has 1 aliphatic rings. The van der Waals surface area contributed by atoms with Crippen LogP contribution in [0.25, 0.3) is 0 Å². The second-order valence-electron chi connectivity index (χ2n) is 5.78. The topological polar surface area (TPSA) is 42.1 Å². The fraction of sp³-hybridized carbons (Fsp3) is 0.643. The Labute approximate surface area is 103 Å². The first-order valence-corrected chi connectivity index (χ1v) is 6.27. The van der Waals surface area contributed by atoms with Crippen LogP contribution in [0.2, 0.25) is 0 Å². The van der Waals surface area contributed by atoms with Gasteiger partial charge >= 0.3 is 5.97 Å². The van der Waals surface area contributed by atoms with Gasteiger partial charge in [0, 0.05) is 5.69 Å². The van der Waals surface area contributed by atoms with E-state index in [4.69, 9.17) is 4.74 Å². The summed E-state index contributed by atoms with van der Waals surface area (Å²) in [5, 5.41) is 0. The maximum Gasteiger partial charge on any atom is 0.354 e. The van der Waals surface area contributed by atoms with Gasteiger partial charge in [0.1, 0.15) is 5.69 Å². The van der Waals surface area contributed by atoms with Crippen LogP contribution in [0, 0.1) is 0 Å². The molecule has 0 saturated heterocycles. The zero-order valence-electron chi connectivity index (χ0n) is 11.1. The predicted molar refractivity (Wildman–Crippen MR) is 67.5 cm³/mol. The van der Waals surface area contributed by atoms with Crippen LogP contribution in [0.15, 0.2) is 0 Å². The molecular formula is C14H21NO2. The van der Waals surface area contributed by atoms with Gasteiger partial charge in [-0.2, -0.15) is 0 Å². The summed E-state index contributed by atoms with van der Waals surface area (Å²) >= 11 is 0. The lowest BCUT2D eigenvalue weighted by atomic mass is 9.81. The standard InChI is InChI=1S/C14H21NO2/c1-14(2,3)11-9-7-5-6-8-10(9)15-12(11)13(16)17-4/h15H,5-8H2,1-4H3. The van der Waals surface area contributed by atoms with E-state index in [1.54, 1.807) is 0 Å². The third kappa shape index (κ3) is 2.11. The molecule has 0 unspecified atom stereocenters. The molecule has 2 rings (SSSR count). The number of H-pyrrole nitrogens is 1. The number of rotatable bonds is 1. The summed E-state index contributed by atoms with van der Waals surface area (Å²) in [4.78, 5) is 15.1. The molecule has 0 bridgehead atoms. The average molecular weight is 235 g/mol. The van der Waals surface area contributed by atoms with E-state index in [9.17, 15) is 4.79 Å². The Bertz CT molecular complexity index is 438. The number of aromatic amines is 1. The van der Waals surface area contributed by atoms with Gasteiger partial charge in [0.05, 0.1) is 7.11 Å². The van der Waals surface area contributed by atoms with Crippen LogP contribution in [-0.4, -0.2) is 18.1 Å².